The second-order valence-corrected chi connectivity index (χ2v) is 7.11. The van der Waals surface area contributed by atoms with E-state index in [4.69, 9.17) is 0 Å². The Morgan fingerprint density at radius 2 is 1.89 bits per heavy atom. The summed E-state index contributed by atoms with van der Waals surface area (Å²) in [5.41, 5.74) is 2.22. The molecule has 2 aromatic carbocycles. The van der Waals surface area contributed by atoms with Gasteiger partial charge in [0.2, 0.25) is 0 Å². The van der Waals surface area contributed by atoms with Gasteiger partial charge >= 0.3 is 0 Å². The molecule has 0 spiro atoms. The molecule has 2 atom stereocenters. The number of amides is 1. The van der Waals surface area contributed by atoms with Crippen LogP contribution in [0.4, 0.5) is 15.2 Å². The number of nitrogens with one attached hydrogen (secondary N) is 1. The molecule has 2 unspecified atom stereocenters. The lowest BCUT2D eigenvalue weighted by Crippen LogP contribution is -2.34. The van der Waals surface area contributed by atoms with Crippen LogP contribution in [0.2, 0.25) is 0 Å². The van der Waals surface area contributed by atoms with Gasteiger partial charge < -0.3 is 5.32 Å². The second kappa shape index (κ2) is 7.28. The zero-order chi connectivity index (χ0) is 18.8. The third-order valence-electron chi connectivity index (χ3n) is 4.46. The van der Waals surface area contributed by atoms with Crippen LogP contribution in [0.5, 0.6) is 0 Å². The van der Waals surface area contributed by atoms with Gasteiger partial charge in [0.05, 0.1) is 17.4 Å². The first-order valence-electron chi connectivity index (χ1n) is 8.49. The average molecular weight is 380 g/mol. The first-order chi connectivity index (χ1) is 13.1. The maximum Gasteiger partial charge on any atom is 0.258 e. The molecule has 1 aliphatic heterocycles. The van der Waals surface area contributed by atoms with Crippen molar-refractivity contribution in [3.05, 3.63) is 77.6 Å². The van der Waals surface area contributed by atoms with Crippen LogP contribution < -0.4 is 10.3 Å². The van der Waals surface area contributed by atoms with Crippen molar-refractivity contribution >= 4 is 33.8 Å². The summed E-state index contributed by atoms with van der Waals surface area (Å²) >= 11 is 1.45. The number of rotatable bonds is 5. The number of anilines is 2. The lowest BCUT2D eigenvalue weighted by atomic mass is 9.89. The van der Waals surface area contributed by atoms with Gasteiger partial charge in [0.25, 0.3) is 5.91 Å². The number of halogens is 1. The van der Waals surface area contributed by atoms with E-state index in [1.165, 1.54) is 28.5 Å². The Balaban J connectivity index is 1.70. The topological polar surface area (TPSA) is 57.6 Å². The lowest BCUT2D eigenvalue weighted by Gasteiger charge is -2.24. The molecular weight excluding hydrogens is 363 g/mol. The Morgan fingerprint density at radius 1 is 1.15 bits per heavy atom. The number of benzene rings is 2. The van der Waals surface area contributed by atoms with Crippen LogP contribution in [-0.4, -0.2) is 16.6 Å². The fourth-order valence-corrected chi connectivity index (χ4v) is 3.74. The fraction of sp³-hybridized carbons (Fsp3) is 0.150. The van der Waals surface area contributed by atoms with Crippen LogP contribution in [0.15, 0.2) is 71.3 Å². The van der Waals surface area contributed by atoms with E-state index in [0.29, 0.717) is 10.8 Å². The number of hydrogen-bond acceptors (Lipinski definition) is 5. The zero-order valence-corrected chi connectivity index (χ0v) is 15.4. The average Bonchev–Trinajstić information content (AvgIpc) is 3.29. The SMILES string of the molecule is CC1=NN(c2ccccc2)C(=O)C1C(Nc1nccs1)c1ccc(F)cc1. The highest BCUT2D eigenvalue weighted by Gasteiger charge is 2.41. The van der Waals surface area contributed by atoms with Gasteiger partial charge in [-0.15, -0.1) is 11.3 Å². The summed E-state index contributed by atoms with van der Waals surface area (Å²) in [5, 5.41) is 11.8. The monoisotopic (exact) mass is 380 g/mol. The zero-order valence-electron chi connectivity index (χ0n) is 14.5. The lowest BCUT2D eigenvalue weighted by molar-refractivity contribution is -0.120. The number of hydrazone groups is 1. The Hall–Kier alpha value is -3.06. The van der Waals surface area contributed by atoms with Crippen LogP contribution in [0.1, 0.15) is 18.5 Å². The van der Waals surface area contributed by atoms with Crippen LogP contribution in [0.25, 0.3) is 0 Å². The Bertz CT molecular complexity index is 957. The van der Waals surface area contributed by atoms with Gasteiger partial charge in [-0.2, -0.15) is 5.10 Å². The number of aromatic nitrogens is 1. The highest BCUT2D eigenvalue weighted by atomic mass is 32.1. The van der Waals surface area contributed by atoms with Crippen molar-refractivity contribution in [1.29, 1.82) is 0 Å². The van der Waals surface area contributed by atoms with E-state index in [-0.39, 0.29) is 11.7 Å². The van der Waals surface area contributed by atoms with Crippen LogP contribution in [0, 0.1) is 11.7 Å². The van der Waals surface area contributed by atoms with E-state index < -0.39 is 12.0 Å². The van der Waals surface area contributed by atoms with Crippen molar-refractivity contribution in [1.82, 2.24) is 4.98 Å². The van der Waals surface area contributed by atoms with E-state index in [1.54, 1.807) is 18.3 Å². The number of thiazole rings is 1. The minimum absolute atomic E-state index is 0.128. The molecule has 27 heavy (non-hydrogen) atoms. The molecule has 0 aliphatic carbocycles. The van der Waals surface area contributed by atoms with Gasteiger partial charge in [0.15, 0.2) is 5.13 Å². The molecule has 3 aromatic rings. The fourth-order valence-electron chi connectivity index (χ4n) is 3.17. The summed E-state index contributed by atoms with van der Waals surface area (Å²) < 4.78 is 13.4. The normalized spacial score (nSPS) is 17.7. The second-order valence-electron chi connectivity index (χ2n) is 6.22. The van der Waals surface area contributed by atoms with Gasteiger partial charge in [0.1, 0.15) is 11.7 Å². The molecule has 7 heteroatoms. The predicted octanol–water partition coefficient (Wildman–Crippen LogP) is 4.47. The summed E-state index contributed by atoms with van der Waals surface area (Å²) in [6, 6.07) is 15.1. The van der Waals surface area contributed by atoms with E-state index in [9.17, 15) is 9.18 Å². The summed E-state index contributed by atoms with van der Waals surface area (Å²) in [5.74, 6) is -0.961. The smallest absolute Gasteiger partial charge is 0.258 e. The highest BCUT2D eigenvalue weighted by molar-refractivity contribution is 7.13. The van der Waals surface area contributed by atoms with Crippen LogP contribution in [0.3, 0.4) is 0 Å². The molecule has 1 aliphatic rings. The molecule has 0 fully saturated rings. The van der Waals surface area contributed by atoms with Crippen LogP contribution in [-0.2, 0) is 4.79 Å². The number of hydrogen-bond donors (Lipinski definition) is 1. The Kier molecular flexibility index (Phi) is 4.68. The molecule has 2 heterocycles. The molecule has 5 nitrogen and oxygen atoms in total. The van der Waals surface area contributed by atoms with Crippen molar-refractivity contribution < 1.29 is 9.18 Å². The van der Waals surface area contributed by atoms with Gasteiger partial charge in [-0.3, -0.25) is 4.79 Å². The van der Waals surface area contributed by atoms with Gasteiger partial charge in [0, 0.05) is 11.6 Å². The van der Waals surface area contributed by atoms with Crippen molar-refractivity contribution in [3.8, 4) is 0 Å². The van der Waals surface area contributed by atoms with Gasteiger partial charge in [-0.25, -0.2) is 14.4 Å². The molecule has 0 bridgehead atoms. The van der Waals surface area contributed by atoms with Crippen molar-refractivity contribution in [2.24, 2.45) is 11.0 Å². The van der Waals surface area contributed by atoms with Crippen molar-refractivity contribution in [2.75, 3.05) is 10.3 Å². The molecule has 0 saturated heterocycles. The summed E-state index contributed by atoms with van der Waals surface area (Å²) in [4.78, 5) is 17.5. The predicted molar refractivity (Wildman–Crippen MR) is 105 cm³/mol. The summed E-state index contributed by atoms with van der Waals surface area (Å²) in [6.45, 7) is 1.84. The molecule has 1 amide bonds. The number of carbonyl (C=O) groups excluding carboxylic acids is 1. The number of carbonyl (C=O) groups is 1. The van der Waals surface area contributed by atoms with Crippen LogP contribution >= 0.6 is 11.3 Å². The molecule has 1 aromatic heterocycles. The van der Waals surface area contributed by atoms with E-state index >= 15 is 0 Å². The van der Waals surface area contributed by atoms with E-state index in [2.05, 4.69) is 15.4 Å². The Labute approximate surface area is 160 Å². The quantitative estimate of drug-likeness (QED) is 0.710. The maximum absolute atomic E-state index is 13.4. The van der Waals surface area contributed by atoms with E-state index in [0.717, 1.165) is 11.3 Å². The number of nitrogens with zero attached hydrogens (tertiary/aromatic N) is 3. The largest absolute Gasteiger partial charge is 0.354 e. The first-order valence-corrected chi connectivity index (χ1v) is 9.37. The maximum atomic E-state index is 13.4. The summed E-state index contributed by atoms with van der Waals surface area (Å²) in [6.07, 6.45) is 1.70. The Morgan fingerprint density at radius 3 is 2.56 bits per heavy atom. The third-order valence-corrected chi connectivity index (χ3v) is 5.16. The number of para-hydroxylation sites is 1. The molecule has 0 saturated carbocycles. The van der Waals surface area contributed by atoms with Crippen molar-refractivity contribution in [2.45, 2.75) is 13.0 Å². The first kappa shape index (κ1) is 17.4. The third kappa shape index (κ3) is 3.46. The standard InChI is InChI=1S/C20H17FN4OS/c1-13-17(19(26)25(24-13)16-5-3-2-4-6-16)18(23-20-22-11-12-27-20)14-7-9-15(21)10-8-14/h2-12,17-18H,1H3,(H,22,23). The molecule has 136 valence electrons. The van der Waals surface area contributed by atoms with Crippen molar-refractivity contribution in [3.63, 3.8) is 0 Å². The minimum atomic E-state index is -0.514. The minimum Gasteiger partial charge on any atom is -0.354 e. The van der Waals surface area contributed by atoms with E-state index in [1.807, 2.05) is 42.6 Å². The molecular formula is C20H17FN4OS. The summed E-state index contributed by atoms with van der Waals surface area (Å²) in [7, 11) is 0. The van der Waals surface area contributed by atoms with Gasteiger partial charge in [-0.05, 0) is 36.8 Å². The molecule has 0 radical (unpaired) electrons. The van der Waals surface area contributed by atoms with Gasteiger partial charge in [-0.1, -0.05) is 30.3 Å². The molecule has 4 rings (SSSR count). The molecule has 1 N–H and O–H groups in total. The highest BCUT2D eigenvalue weighted by Crippen LogP contribution is 2.35.